The van der Waals surface area contributed by atoms with Gasteiger partial charge < -0.3 is 23.7 Å². The Morgan fingerprint density at radius 1 is 1.05 bits per heavy atom. The maximum atomic E-state index is 17.5. The van der Waals surface area contributed by atoms with E-state index >= 15 is 4.39 Å². The molecule has 5 atom stereocenters. The second-order valence-electron chi connectivity index (χ2n) is 15.7. The predicted molar refractivity (Wildman–Crippen MR) is 217 cm³/mol. The summed E-state index contributed by atoms with van der Waals surface area (Å²) in [6, 6.07) is 15.7. The summed E-state index contributed by atoms with van der Waals surface area (Å²) in [5.74, 6) is -0.0860. The van der Waals surface area contributed by atoms with Gasteiger partial charge in [-0.2, -0.15) is 5.26 Å². The highest BCUT2D eigenvalue weighted by Crippen LogP contribution is 2.54. The van der Waals surface area contributed by atoms with Crippen LogP contribution in [0.5, 0.6) is 5.88 Å². The van der Waals surface area contributed by atoms with E-state index in [1.807, 2.05) is 45.2 Å². The molecule has 0 N–H and O–H groups in total. The molecule has 57 heavy (non-hydrogen) atoms. The van der Waals surface area contributed by atoms with E-state index in [1.54, 1.807) is 46.3 Å². The zero-order valence-electron chi connectivity index (χ0n) is 32.1. The van der Waals surface area contributed by atoms with Crippen LogP contribution >= 0.6 is 35.0 Å². The van der Waals surface area contributed by atoms with Crippen LogP contribution in [-0.2, 0) is 15.9 Å². The van der Waals surface area contributed by atoms with Crippen molar-refractivity contribution in [3.05, 3.63) is 81.8 Å². The van der Waals surface area contributed by atoms with Crippen LogP contribution in [0.2, 0.25) is 10.0 Å². The number of aromatic nitrogens is 3. The van der Waals surface area contributed by atoms with Crippen LogP contribution in [0.4, 0.5) is 14.0 Å². The molecule has 2 aromatic carbocycles. The molecule has 4 fully saturated rings. The Morgan fingerprint density at radius 3 is 2.56 bits per heavy atom. The molecule has 15 heteroatoms. The molecule has 0 spiro atoms. The van der Waals surface area contributed by atoms with Gasteiger partial charge in [-0.05, 0) is 69.7 Å². The number of hydrogen-bond acceptors (Lipinski definition) is 9. The fourth-order valence-electron chi connectivity index (χ4n) is 8.81. The maximum Gasteiger partial charge on any atom is 0.410 e. The number of likely N-dealkylation sites (tertiary alicyclic amines) is 1. The lowest BCUT2D eigenvalue weighted by Crippen LogP contribution is -2.45. The van der Waals surface area contributed by atoms with Gasteiger partial charge in [0, 0.05) is 65.2 Å². The Hall–Kier alpha value is -4.77. The van der Waals surface area contributed by atoms with E-state index in [1.165, 1.54) is 18.9 Å². The molecule has 296 valence electrons. The lowest BCUT2D eigenvalue weighted by atomic mass is 9.79. The molecule has 2 amide bonds. The average Bonchev–Trinajstić information content (AvgIpc) is 3.97. The zero-order valence-corrected chi connectivity index (χ0v) is 34.4. The average molecular weight is 832 g/mol. The van der Waals surface area contributed by atoms with E-state index in [-0.39, 0.29) is 64.6 Å². The summed E-state index contributed by atoms with van der Waals surface area (Å²) in [5.41, 5.74) is 2.19. The van der Waals surface area contributed by atoms with Crippen LogP contribution in [0, 0.1) is 23.1 Å². The molecule has 3 aromatic heterocycles. The molecular formula is C42H41Cl2FN6O5S. The van der Waals surface area contributed by atoms with Crippen molar-refractivity contribution in [2.75, 3.05) is 26.5 Å². The minimum Gasteiger partial charge on any atom is -0.472 e. The van der Waals surface area contributed by atoms with Gasteiger partial charge in [0.15, 0.2) is 5.82 Å². The number of carbonyl (C=O) groups is 2. The number of hydrogen-bond donors (Lipinski definition) is 0. The summed E-state index contributed by atoms with van der Waals surface area (Å²) < 4.78 is 37.2. The third kappa shape index (κ3) is 6.89. The lowest BCUT2D eigenvalue weighted by molar-refractivity contribution is 0.0208. The van der Waals surface area contributed by atoms with Crippen molar-refractivity contribution in [2.45, 2.75) is 81.3 Å². The molecule has 5 aromatic rings. The lowest BCUT2D eigenvalue weighted by Gasteiger charge is -2.40. The summed E-state index contributed by atoms with van der Waals surface area (Å²) in [6.07, 6.45) is 3.78. The first kappa shape index (κ1) is 39.1. The van der Waals surface area contributed by atoms with Crippen molar-refractivity contribution in [3.63, 3.8) is 0 Å². The van der Waals surface area contributed by atoms with E-state index in [0.717, 1.165) is 23.0 Å². The first-order valence-corrected chi connectivity index (χ1v) is 20.8. The van der Waals surface area contributed by atoms with Crippen molar-refractivity contribution in [1.82, 2.24) is 24.3 Å². The van der Waals surface area contributed by atoms with E-state index in [4.69, 9.17) is 42.4 Å². The highest BCUT2D eigenvalue weighted by molar-refractivity contribution is 7.98. The van der Waals surface area contributed by atoms with Gasteiger partial charge in [0.1, 0.15) is 22.2 Å². The first-order valence-electron chi connectivity index (χ1n) is 18.8. The number of nitriles is 1. The minimum absolute atomic E-state index is 0.0544. The standard InChI is InChI=1S/C42H41Cl2FN6O5S/c1-42(2,3)56-41(53)49-20-23-17-31(49)37(23)51-30(29-18-24(21-50(29)40(52)54-4)55-32-13-6-7-15-47-32)19-27-38(51)26-16-22(10-9-14-46)33(25-11-8-12-28(43)34(25)44)35(45)36(26)48-39(27)57-5/h6-8,11-13,15-16,19,23-24,29,31,37H,9-10,17-18,20-21H2,1-5H3/t23-,24+,29-,31-,37+/m1/s1. The zero-order chi connectivity index (χ0) is 40.3. The Labute approximate surface area is 344 Å². The van der Waals surface area contributed by atoms with Gasteiger partial charge in [-0.1, -0.05) is 41.4 Å². The number of ether oxygens (including phenoxy) is 3. The quantitative estimate of drug-likeness (QED) is 0.141. The van der Waals surface area contributed by atoms with Crippen molar-refractivity contribution in [2.24, 2.45) is 5.92 Å². The fourth-order valence-corrected chi connectivity index (χ4v) is 9.76. The molecule has 0 radical (unpaired) electrons. The topological polar surface area (TPSA) is 123 Å². The highest BCUT2D eigenvalue weighted by Gasteiger charge is 2.57. The number of fused-ring (bicyclic) bond motifs is 4. The number of carbonyl (C=O) groups excluding carboxylic acids is 2. The molecule has 6 heterocycles. The summed E-state index contributed by atoms with van der Waals surface area (Å²) in [4.78, 5) is 40.0. The fraction of sp³-hybridized carbons (Fsp3) is 0.405. The molecule has 11 nitrogen and oxygen atoms in total. The van der Waals surface area contributed by atoms with Crippen LogP contribution in [0.1, 0.15) is 63.4 Å². The van der Waals surface area contributed by atoms with Crippen LogP contribution < -0.4 is 4.74 Å². The van der Waals surface area contributed by atoms with Crippen LogP contribution in [0.3, 0.4) is 0 Å². The SMILES string of the molecule is COC(=O)N1C[C@@H](Oc2ccccn2)C[C@@H]1c1cc2c(SC)nc3c(F)c(-c4cccc(Cl)c4Cl)c(CCC#N)cc3c2n1[C@H]1[C@@H]2C[C@H]1N(C(=O)OC(C)(C)C)C2. The van der Waals surface area contributed by atoms with Gasteiger partial charge in [-0.3, -0.25) is 4.90 Å². The van der Waals surface area contributed by atoms with Gasteiger partial charge in [0.05, 0.1) is 53.4 Å². The second kappa shape index (κ2) is 15.2. The molecule has 1 aliphatic carbocycles. The maximum absolute atomic E-state index is 17.5. The Kier molecular flexibility index (Phi) is 10.4. The summed E-state index contributed by atoms with van der Waals surface area (Å²) in [7, 11) is 1.35. The molecule has 3 aliphatic heterocycles. The number of aryl methyl sites for hydroxylation is 1. The summed E-state index contributed by atoms with van der Waals surface area (Å²) in [5, 5.41) is 12.1. The number of amides is 2. The molecule has 9 rings (SSSR count). The van der Waals surface area contributed by atoms with Crippen molar-refractivity contribution >= 4 is 69.0 Å². The number of thioether (sulfide) groups is 1. The van der Waals surface area contributed by atoms with E-state index in [2.05, 4.69) is 15.6 Å². The van der Waals surface area contributed by atoms with Gasteiger partial charge >= 0.3 is 12.2 Å². The van der Waals surface area contributed by atoms with E-state index in [0.29, 0.717) is 40.4 Å². The highest BCUT2D eigenvalue weighted by atomic mass is 35.5. The van der Waals surface area contributed by atoms with E-state index in [9.17, 15) is 14.9 Å². The van der Waals surface area contributed by atoms with Crippen LogP contribution in [0.25, 0.3) is 32.9 Å². The number of rotatable bonds is 8. The van der Waals surface area contributed by atoms with E-state index < -0.39 is 29.7 Å². The first-order chi connectivity index (χ1) is 27.3. The largest absolute Gasteiger partial charge is 0.472 e. The number of halogens is 3. The number of nitrogens with zero attached hydrogens (tertiary/aromatic N) is 6. The molecule has 0 unspecified atom stereocenters. The van der Waals surface area contributed by atoms with Gasteiger partial charge in [-0.25, -0.2) is 23.9 Å². The van der Waals surface area contributed by atoms with Crippen LogP contribution in [0.15, 0.2) is 59.8 Å². The second-order valence-corrected chi connectivity index (χ2v) is 17.3. The Morgan fingerprint density at radius 2 is 1.86 bits per heavy atom. The van der Waals surface area contributed by atoms with Gasteiger partial charge in [-0.15, -0.1) is 11.8 Å². The minimum atomic E-state index is -0.686. The number of pyridine rings is 2. The van der Waals surface area contributed by atoms with Crippen molar-refractivity contribution < 1.29 is 28.2 Å². The monoisotopic (exact) mass is 830 g/mol. The number of methoxy groups -OCH3 is 1. The molecule has 1 saturated carbocycles. The predicted octanol–water partition coefficient (Wildman–Crippen LogP) is 10.0. The van der Waals surface area contributed by atoms with Gasteiger partial charge in [0.25, 0.3) is 0 Å². The normalized spacial score (nSPS) is 21.5. The van der Waals surface area contributed by atoms with Gasteiger partial charge in [0.2, 0.25) is 5.88 Å². The molecular weight excluding hydrogens is 790 g/mol. The molecule has 4 aliphatic rings. The van der Waals surface area contributed by atoms with Crippen molar-refractivity contribution in [1.29, 1.82) is 5.26 Å². The smallest absolute Gasteiger partial charge is 0.410 e. The molecule has 3 saturated heterocycles. The Bertz CT molecular complexity index is 2450. The third-order valence-corrected chi connectivity index (χ3v) is 12.6. The third-order valence-electron chi connectivity index (χ3n) is 11.1. The van der Waals surface area contributed by atoms with Crippen LogP contribution in [-0.4, -0.2) is 80.7 Å². The van der Waals surface area contributed by atoms with Crippen molar-refractivity contribution in [3.8, 4) is 23.1 Å². The summed E-state index contributed by atoms with van der Waals surface area (Å²) in [6.45, 7) is 6.26. The molecule has 2 bridgehead atoms. The number of benzene rings is 2. The summed E-state index contributed by atoms with van der Waals surface area (Å²) >= 11 is 14.6. The Balaban J connectivity index is 1.38.